The van der Waals surface area contributed by atoms with E-state index in [2.05, 4.69) is 4.98 Å². The molecule has 2 aromatic rings. The number of hydrogen-bond acceptors (Lipinski definition) is 6. The van der Waals surface area contributed by atoms with Crippen molar-refractivity contribution in [2.45, 2.75) is 52.7 Å². The number of ether oxygens (including phenoxy) is 1. The van der Waals surface area contributed by atoms with Gasteiger partial charge in [0.1, 0.15) is 6.04 Å². The van der Waals surface area contributed by atoms with Crippen LogP contribution in [0.2, 0.25) is 0 Å². The van der Waals surface area contributed by atoms with Gasteiger partial charge in [-0.3, -0.25) is 14.4 Å². The SMILES string of the molecule is CC(=O)c1c(C)[nH]c(C(=O)[C@H](C)OC(=O)[C@@H]2CCCN2C(=O)c2cccs2)c1C. The Labute approximate surface area is 173 Å². The first-order chi connectivity index (χ1) is 13.7. The standard InChI is InChI=1S/C21H24N2O5S/c1-11-17(13(3)24)12(2)22-18(11)19(25)14(4)28-21(27)15-7-5-9-23(15)20(26)16-8-6-10-29-16/h6,8,10,14-15,22H,5,7,9H2,1-4H3/t14-,15-/m0/s1. The summed E-state index contributed by atoms with van der Waals surface area (Å²) in [5.41, 5.74) is 1.92. The van der Waals surface area contributed by atoms with Gasteiger partial charge in [-0.15, -0.1) is 11.3 Å². The van der Waals surface area contributed by atoms with Crippen molar-refractivity contribution in [3.63, 3.8) is 0 Å². The van der Waals surface area contributed by atoms with E-state index >= 15 is 0 Å². The summed E-state index contributed by atoms with van der Waals surface area (Å²) < 4.78 is 5.43. The molecule has 1 amide bonds. The van der Waals surface area contributed by atoms with Crippen molar-refractivity contribution in [2.24, 2.45) is 0 Å². The van der Waals surface area contributed by atoms with Gasteiger partial charge < -0.3 is 14.6 Å². The lowest BCUT2D eigenvalue weighted by Gasteiger charge is -2.24. The van der Waals surface area contributed by atoms with Gasteiger partial charge in [-0.2, -0.15) is 0 Å². The van der Waals surface area contributed by atoms with Gasteiger partial charge in [-0.25, -0.2) is 4.79 Å². The van der Waals surface area contributed by atoms with E-state index in [1.807, 2.05) is 5.38 Å². The molecule has 0 bridgehead atoms. The Morgan fingerprint density at radius 2 is 2.00 bits per heavy atom. The number of aromatic amines is 1. The zero-order chi connectivity index (χ0) is 21.3. The number of carbonyl (C=O) groups is 4. The number of amides is 1. The molecule has 3 heterocycles. The first-order valence-electron chi connectivity index (χ1n) is 9.51. The molecule has 0 saturated carbocycles. The van der Waals surface area contributed by atoms with Gasteiger partial charge in [0.15, 0.2) is 11.9 Å². The molecule has 2 atom stereocenters. The van der Waals surface area contributed by atoms with E-state index in [0.29, 0.717) is 41.1 Å². The zero-order valence-corrected chi connectivity index (χ0v) is 17.7. The van der Waals surface area contributed by atoms with E-state index in [1.54, 1.807) is 26.0 Å². The predicted octanol–water partition coefficient (Wildman–Crippen LogP) is 3.31. The van der Waals surface area contributed by atoms with Gasteiger partial charge in [0.25, 0.3) is 5.91 Å². The molecular weight excluding hydrogens is 392 g/mol. The molecule has 3 rings (SSSR count). The Balaban J connectivity index is 1.71. The topological polar surface area (TPSA) is 96.5 Å². The van der Waals surface area contributed by atoms with E-state index in [1.165, 1.54) is 30.1 Å². The van der Waals surface area contributed by atoms with Crippen LogP contribution in [-0.4, -0.2) is 52.0 Å². The molecule has 2 aromatic heterocycles. The number of esters is 1. The monoisotopic (exact) mass is 416 g/mol. The van der Waals surface area contributed by atoms with Crippen molar-refractivity contribution in [3.05, 3.63) is 44.9 Å². The molecule has 1 aliphatic rings. The number of thiophene rings is 1. The van der Waals surface area contributed by atoms with E-state index in [0.717, 1.165) is 0 Å². The lowest BCUT2D eigenvalue weighted by Crippen LogP contribution is -2.42. The number of Topliss-reactive ketones (excluding diaryl/α,β-unsaturated/α-hetero) is 2. The highest BCUT2D eigenvalue weighted by atomic mass is 32.1. The quantitative estimate of drug-likeness (QED) is 0.576. The number of nitrogens with zero attached hydrogens (tertiary/aromatic N) is 1. The van der Waals surface area contributed by atoms with Gasteiger partial charge in [0, 0.05) is 17.8 Å². The predicted molar refractivity (Wildman–Crippen MR) is 109 cm³/mol. The fraction of sp³-hybridized carbons (Fsp3) is 0.429. The number of rotatable bonds is 6. The number of ketones is 2. The molecule has 154 valence electrons. The Bertz CT molecular complexity index is 960. The summed E-state index contributed by atoms with van der Waals surface area (Å²) in [6.07, 6.45) is 0.181. The maximum absolute atomic E-state index is 12.8. The van der Waals surface area contributed by atoms with Crippen LogP contribution in [0.5, 0.6) is 0 Å². The first kappa shape index (κ1) is 21.0. The Hall–Kier alpha value is -2.74. The van der Waals surface area contributed by atoms with Crippen molar-refractivity contribution in [1.82, 2.24) is 9.88 Å². The minimum atomic E-state index is -1.03. The van der Waals surface area contributed by atoms with E-state index in [4.69, 9.17) is 4.74 Å². The van der Waals surface area contributed by atoms with E-state index in [9.17, 15) is 19.2 Å². The minimum absolute atomic E-state index is 0.131. The average molecular weight is 416 g/mol. The molecule has 1 aliphatic heterocycles. The van der Waals surface area contributed by atoms with Gasteiger partial charge in [0.05, 0.1) is 10.6 Å². The van der Waals surface area contributed by atoms with Crippen molar-refractivity contribution >= 4 is 34.8 Å². The van der Waals surface area contributed by atoms with Gasteiger partial charge in [-0.05, 0) is 57.5 Å². The zero-order valence-electron chi connectivity index (χ0n) is 16.9. The molecule has 0 aliphatic carbocycles. The van der Waals surface area contributed by atoms with Crippen LogP contribution in [0.3, 0.4) is 0 Å². The summed E-state index contributed by atoms with van der Waals surface area (Å²) in [7, 11) is 0. The van der Waals surface area contributed by atoms with Crippen LogP contribution in [0, 0.1) is 13.8 Å². The summed E-state index contributed by atoms with van der Waals surface area (Å²) in [4.78, 5) is 55.0. The summed E-state index contributed by atoms with van der Waals surface area (Å²) in [6.45, 7) is 6.85. The van der Waals surface area contributed by atoms with Crippen LogP contribution >= 0.6 is 11.3 Å². The molecular formula is C21H24N2O5S. The van der Waals surface area contributed by atoms with Crippen molar-refractivity contribution in [1.29, 1.82) is 0 Å². The van der Waals surface area contributed by atoms with Crippen LogP contribution in [0.4, 0.5) is 0 Å². The lowest BCUT2D eigenvalue weighted by atomic mass is 10.0. The molecule has 1 N–H and O–H groups in total. The number of likely N-dealkylation sites (tertiary alicyclic amines) is 1. The molecule has 8 heteroatoms. The number of carbonyl (C=O) groups excluding carboxylic acids is 4. The third kappa shape index (κ3) is 4.03. The van der Waals surface area contributed by atoms with Crippen molar-refractivity contribution in [2.75, 3.05) is 6.54 Å². The molecule has 1 fully saturated rings. The number of aryl methyl sites for hydroxylation is 1. The lowest BCUT2D eigenvalue weighted by molar-refractivity contribution is -0.150. The number of aromatic nitrogens is 1. The summed E-state index contributed by atoms with van der Waals surface area (Å²) in [5, 5.41) is 1.81. The number of nitrogens with one attached hydrogen (secondary N) is 1. The Morgan fingerprint density at radius 3 is 2.59 bits per heavy atom. The number of hydrogen-bond donors (Lipinski definition) is 1. The summed E-state index contributed by atoms with van der Waals surface area (Å²) in [6, 6.07) is 2.82. The summed E-state index contributed by atoms with van der Waals surface area (Å²) in [5.74, 6) is -1.31. The fourth-order valence-electron chi connectivity index (χ4n) is 3.83. The average Bonchev–Trinajstić information content (AvgIpc) is 3.40. The largest absolute Gasteiger partial charge is 0.453 e. The van der Waals surface area contributed by atoms with Crippen LogP contribution in [-0.2, 0) is 9.53 Å². The fourth-order valence-corrected chi connectivity index (χ4v) is 4.51. The highest BCUT2D eigenvalue weighted by Gasteiger charge is 2.37. The second-order valence-electron chi connectivity index (χ2n) is 7.26. The third-order valence-corrected chi connectivity index (χ3v) is 6.07. The normalized spacial score (nSPS) is 17.2. The Morgan fingerprint density at radius 1 is 1.28 bits per heavy atom. The molecule has 0 aromatic carbocycles. The number of H-pyrrole nitrogens is 1. The van der Waals surface area contributed by atoms with Gasteiger partial charge in [0.2, 0.25) is 5.78 Å². The second-order valence-corrected chi connectivity index (χ2v) is 8.21. The van der Waals surface area contributed by atoms with Crippen LogP contribution < -0.4 is 0 Å². The third-order valence-electron chi connectivity index (χ3n) is 5.22. The van der Waals surface area contributed by atoms with Crippen LogP contribution in [0.1, 0.15) is 68.5 Å². The molecule has 0 spiro atoms. The molecule has 0 radical (unpaired) electrons. The molecule has 7 nitrogen and oxygen atoms in total. The second kappa shape index (κ2) is 8.32. The van der Waals surface area contributed by atoms with E-state index < -0.39 is 23.9 Å². The maximum atomic E-state index is 12.8. The summed E-state index contributed by atoms with van der Waals surface area (Å²) >= 11 is 1.33. The Kier molecular flexibility index (Phi) is 6.02. The van der Waals surface area contributed by atoms with Crippen molar-refractivity contribution < 1.29 is 23.9 Å². The maximum Gasteiger partial charge on any atom is 0.329 e. The van der Waals surface area contributed by atoms with Crippen molar-refractivity contribution in [3.8, 4) is 0 Å². The smallest absolute Gasteiger partial charge is 0.329 e. The first-order valence-corrected chi connectivity index (χ1v) is 10.4. The van der Waals surface area contributed by atoms with Gasteiger partial charge >= 0.3 is 5.97 Å². The van der Waals surface area contributed by atoms with Gasteiger partial charge in [-0.1, -0.05) is 6.07 Å². The highest BCUT2D eigenvalue weighted by molar-refractivity contribution is 7.12. The molecule has 1 saturated heterocycles. The van der Waals surface area contributed by atoms with E-state index in [-0.39, 0.29) is 17.4 Å². The minimum Gasteiger partial charge on any atom is -0.453 e. The highest BCUT2D eigenvalue weighted by Crippen LogP contribution is 2.25. The van der Waals surface area contributed by atoms with Crippen LogP contribution in [0.25, 0.3) is 0 Å². The molecule has 29 heavy (non-hydrogen) atoms. The van der Waals surface area contributed by atoms with Crippen LogP contribution in [0.15, 0.2) is 17.5 Å². The molecule has 0 unspecified atom stereocenters.